The predicted octanol–water partition coefficient (Wildman–Crippen LogP) is 2.43. The number of para-hydroxylation sites is 2. The van der Waals surface area contributed by atoms with E-state index in [1.54, 1.807) is 24.3 Å². The maximum absolute atomic E-state index is 11.8. The SMILES string of the molecule is CC(C)(C)c1cc(NC(=O)COc2ccccc2O)n[nH]1. The second kappa shape index (κ2) is 5.87. The number of amides is 1. The van der Waals surface area contributed by atoms with Gasteiger partial charge in [0.15, 0.2) is 23.9 Å². The summed E-state index contributed by atoms with van der Waals surface area (Å²) in [5.41, 5.74) is 0.863. The lowest BCUT2D eigenvalue weighted by molar-refractivity contribution is -0.118. The van der Waals surface area contributed by atoms with Gasteiger partial charge in [-0.1, -0.05) is 32.9 Å². The second-order valence-electron chi connectivity index (χ2n) is 5.72. The molecular formula is C15H19N3O3. The summed E-state index contributed by atoms with van der Waals surface area (Å²) < 4.78 is 5.24. The summed E-state index contributed by atoms with van der Waals surface area (Å²) in [6, 6.07) is 8.28. The Bertz CT molecular complexity index is 629. The third kappa shape index (κ3) is 3.98. The van der Waals surface area contributed by atoms with Crippen LogP contribution in [0.5, 0.6) is 11.5 Å². The number of carbonyl (C=O) groups is 1. The largest absolute Gasteiger partial charge is 0.504 e. The Morgan fingerprint density at radius 3 is 2.71 bits per heavy atom. The molecule has 0 spiro atoms. The molecule has 0 aliphatic rings. The molecule has 1 heterocycles. The summed E-state index contributed by atoms with van der Waals surface area (Å²) >= 11 is 0. The number of phenols is 1. The van der Waals surface area contributed by atoms with Crippen molar-refractivity contribution in [3.05, 3.63) is 36.0 Å². The number of H-pyrrole nitrogens is 1. The van der Waals surface area contributed by atoms with E-state index in [-0.39, 0.29) is 29.4 Å². The van der Waals surface area contributed by atoms with Gasteiger partial charge in [0.1, 0.15) is 0 Å². The molecule has 112 valence electrons. The number of nitrogens with one attached hydrogen (secondary N) is 2. The zero-order valence-corrected chi connectivity index (χ0v) is 12.3. The minimum absolute atomic E-state index is 0.0000817. The number of ether oxygens (including phenoxy) is 1. The molecule has 2 aromatic rings. The first-order chi connectivity index (χ1) is 9.86. The Hall–Kier alpha value is -2.50. The van der Waals surface area contributed by atoms with Crippen LogP contribution in [0.4, 0.5) is 5.82 Å². The van der Waals surface area contributed by atoms with Gasteiger partial charge in [0.05, 0.1) is 0 Å². The highest BCUT2D eigenvalue weighted by Crippen LogP contribution is 2.24. The van der Waals surface area contributed by atoms with Crippen molar-refractivity contribution in [1.29, 1.82) is 0 Å². The van der Waals surface area contributed by atoms with Gasteiger partial charge < -0.3 is 15.2 Å². The Kier molecular flexibility index (Phi) is 4.16. The van der Waals surface area contributed by atoms with Gasteiger partial charge in [0.25, 0.3) is 5.91 Å². The zero-order valence-electron chi connectivity index (χ0n) is 12.3. The Labute approximate surface area is 123 Å². The highest BCUT2D eigenvalue weighted by atomic mass is 16.5. The molecule has 0 atom stereocenters. The third-order valence-corrected chi connectivity index (χ3v) is 2.88. The lowest BCUT2D eigenvalue weighted by Crippen LogP contribution is -2.20. The summed E-state index contributed by atoms with van der Waals surface area (Å²) in [7, 11) is 0. The third-order valence-electron chi connectivity index (χ3n) is 2.88. The summed E-state index contributed by atoms with van der Waals surface area (Å²) in [6.07, 6.45) is 0. The molecular weight excluding hydrogens is 270 g/mol. The number of aromatic amines is 1. The van der Waals surface area contributed by atoms with E-state index >= 15 is 0 Å². The van der Waals surface area contributed by atoms with Crippen LogP contribution < -0.4 is 10.1 Å². The van der Waals surface area contributed by atoms with Crippen LogP contribution >= 0.6 is 0 Å². The van der Waals surface area contributed by atoms with Gasteiger partial charge in [-0.3, -0.25) is 9.89 Å². The number of aromatic hydroxyl groups is 1. The van der Waals surface area contributed by atoms with E-state index in [2.05, 4.69) is 15.5 Å². The molecule has 0 saturated heterocycles. The van der Waals surface area contributed by atoms with Crippen molar-refractivity contribution in [3.63, 3.8) is 0 Å². The van der Waals surface area contributed by atoms with Gasteiger partial charge in [-0.25, -0.2) is 0 Å². The van der Waals surface area contributed by atoms with Crippen LogP contribution in [0.15, 0.2) is 30.3 Å². The van der Waals surface area contributed by atoms with E-state index in [4.69, 9.17) is 4.74 Å². The number of phenolic OH excluding ortho intramolecular Hbond substituents is 1. The maximum atomic E-state index is 11.8. The van der Waals surface area contributed by atoms with Gasteiger partial charge in [-0.2, -0.15) is 5.10 Å². The van der Waals surface area contributed by atoms with E-state index in [1.807, 2.05) is 20.8 Å². The molecule has 0 aliphatic heterocycles. The first-order valence-corrected chi connectivity index (χ1v) is 6.63. The molecule has 6 nitrogen and oxygen atoms in total. The van der Waals surface area contributed by atoms with Crippen molar-refractivity contribution in [2.24, 2.45) is 0 Å². The smallest absolute Gasteiger partial charge is 0.263 e. The van der Waals surface area contributed by atoms with E-state index in [0.29, 0.717) is 5.82 Å². The average molecular weight is 289 g/mol. The van der Waals surface area contributed by atoms with Crippen molar-refractivity contribution >= 4 is 11.7 Å². The Morgan fingerprint density at radius 2 is 2.10 bits per heavy atom. The minimum atomic E-state index is -0.342. The Morgan fingerprint density at radius 1 is 1.38 bits per heavy atom. The van der Waals surface area contributed by atoms with Crippen LogP contribution in [0, 0.1) is 0 Å². The van der Waals surface area contributed by atoms with E-state index in [9.17, 15) is 9.90 Å². The molecule has 21 heavy (non-hydrogen) atoms. The van der Waals surface area contributed by atoms with Gasteiger partial charge in [0.2, 0.25) is 0 Å². The van der Waals surface area contributed by atoms with Crippen molar-refractivity contribution < 1.29 is 14.6 Å². The molecule has 0 radical (unpaired) electrons. The molecule has 0 saturated carbocycles. The van der Waals surface area contributed by atoms with Gasteiger partial charge in [0, 0.05) is 17.2 Å². The molecule has 3 N–H and O–H groups in total. The molecule has 0 unspecified atom stereocenters. The van der Waals surface area contributed by atoms with E-state index in [1.165, 1.54) is 6.07 Å². The van der Waals surface area contributed by atoms with Crippen LogP contribution in [-0.4, -0.2) is 27.8 Å². The molecule has 6 heteroatoms. The van der Waals surface area contributed by atoms with Crippen LogP contribution in [0.2, 0.25) is 0 Å². The lowest BCUT2D eigenvalue weighted by atomic mass is 9.92. The molecule has 1 amide bonds. The molecule has 1 aromatic heterocycles. The number of hydrogen-bond donors (Lipinski definition) is 3. The number of carbonyl (C=O) groups excluding carboxylic acids is 1. The quantitative estimate of drug-likeness (QED) is 0.806. The van der Waals surface area contributed by atoms with Crippen molar-refractivity contribution in [2.75, 3.05) is 11.9 Å². The van der Waals surface area contributed by atoms with Gasteiger partial charge >= 0.3 is 0 Å². The number of aromatic nitrogens is 2. The normalized spacial score (nSPS) is 11.2. The first-order valence-electron chi connectivity index (χ1n) is 6.63. The summed E-state index contributed by atoms with van der Waals surface area (Å²) in [5, 5.41) is 19.1. The maximum Gasteiger partial charge on any atom is 0.263 e. The fraction of sp³-hybridized carbons (Fsp3) is 0.333. The van der Waals surface area contributed by atoms with Crippen LogP contribution in [-0.2, 0) is 10.2 Å². The number of rotatable bonds is 4. The number of hydrogen-bond acceptors (Lipinski definition) is 4. The number of nitrogens with zero attached hydrogens (tertiary/aromatic N) is 1. The molecule has 2 rings (SSSR count). The number of anilines is 1. The topological polar surface area (TPSA) is 87.2 Å². The van der Waals surface area contributed by atoms with Crippen LogP contribution in [0.25, 0.3) is 0 Å². The zero-order chi connectivity index (χ0) is 15.5. The summed E-state index contributed by atoms with van der Waals surface area (Å²) in [4.78, 5) is 11.8. The summed E-state index contributed by atoms with van der Waals surface area (Å²) in [5.74, 6) is 0.376. The van der Waals surface area contributed by atoms with Crippen LogP contribution in [0.3, 0.4) is 0 Å². The van der Waals surface area contributed by atoms with E-state index in [0.717, 1.165) is 5.69 Å². The first kappa shape index (κ1) is 14.9. The molecule has 0 aliphatic carbocycles. The summed E-state index contributed by atoms with van der Waals surface area (Å²) in [6.45, 7) is 5.95. The van der Waals surface area contributed by atoms with Crippen molar-refractivity contribution in [1.82, 2.24) is 10.2 Å². The van der Waals surface area contributed by atoms with E-state index < -0.39 is 0 Å². The fourth-order valence-corrected chi connectivity index (χ4v) is 1.67. The molecule has 1 aromatic carbocycles. The highest BCUT2D eigenvalue weighted by Gasteiger charge is 2.17. The lowest BCUT2D eigenvalue weighted by Gasteiger charge is -2.14. The second-order valence-corrected chi connectivity index (χ2v) is 5.72. The van der Waals surface area contributed by atoms with Gasteiger partial charge in [-0.05, 0) is 12.1 Å². The van der Waals surface area contributed by atoms with Crippen molar-refractivity contribution in [2.45, 2.75) is 26.2 Å². The number of benzene rings is 1. The standard InChI is InChI=1S/C15H19N3O3/c1-15(2,3)12-8-13(18-17-12)16-14(20)9-21-11-7-5-4-6-10(11)19/h4-8,19H,9H2,1-3H3,(H2,16,17,18,20). The minimum Gasteiger partial charge on any atom is -0.504 e. The monoisotopic (exact) mass is 289 g/mol. The van der Waals surface area contributed by atoms with Crippen molar-refractivity contribution in [3.8, 4) is 11.5 Å². The Balaban J connectivity index is 1.90. The average Bonchev–Trinajstić information content (AvgIpc) is 2.86. The van der Waals surface area contributed by atoms with Crippen LogP contribution in [0.1, 0.15) is 26.5 Å². The predicted molar refractivity (Wildman–Crippen MR) is 79.5 cm³/mol. The van der Waals surface area contributed by atoms with Gasteiger partial charge in [-0.15, -0.1) is 0 Å². The molecule has 0 bridgehead atoms. The fourth-order valence-electron chi connectivity index (χ4n) is 1.67. The molecule has 0 fully saturated rings. The highest BCUT2D eigenvalue weighted by molar-refractivity contribution is 5.91.